The van der Waals surface area contributed by atoms with Gasteiger partial charge in [-0.25, -0.2) is 10.2 Å². The molecule has 0 spiro atoms. The summed E-state index contributed by atoms with van der Waals surface area (Å²) in [6.45, 7) is 4.86. The second kappa shape index (κ2) is 3.65. The Bertz CT molecular complexity index is 227. The minimum Gasteiger partial charge on any atom is -0.799 e. The Morgan fingerprint density at radius 2 is 2.15 bits per heavy atom. The number of hydrogen-bond acceptors (Lipinski definition) is 5. The summed E-state index contributed by atoms with van der Waals surface area (Å²) in [5, 5.41) is 3.28. The highest BCUT2D eigenvalue weighted by Gasteiger charge is 2.27. The third-order valence-corrected chi connectivity index (χ3v) is 2.22. The number of hydrogen-bond donors (Lipinski definition) is 1. The van der Waals surface area contributed by atoms with E-state index in [4.69, 9.17) is 4.74 Å². The SMILES string of the molecule is CC1(C)CN(NP(=O)([O-])[O-])CCO1. The van der Waals surface area contributed by atoms with Crippen LogP contribution in [0.5, 0.6) is 0 Å². The van der Waals surface area contributed by atoms with Crippen LogP contribution in [-0.2, 0) is 9.30 Å². The van der Waals surface area contributed by atoms with Gasteiger partial charge in [-0.3, -0.25) is 0 Å². The van der Waals surface area contributed by atoms with E-state index in [9.17, 15) is 14.4 Å². The standard InChI is InChI=1S/C6H15N2O4P/c1-6(2)5-8(3-4-12-6)7-13(9,10)11/h3-5H2,1-2H3,(H3,7,9,10,11)/p-2. The molecule has 0 aliphatic carbocycles. The summed E-state index contributed by atoms with van der Waals surface area (Å²) in [5.41, 5.74) is -0.416. The summed E-state index contributed by atoms with van der Waals surface area (Å²) in [6.07, 6.45) is 0. The number of ether oxygens (including phenoxy) is 1. The minimum atomic E-state index is -4.67. The maximum absolute atomic E-state index is 10.4. The van der Waals surface area contributed by atoms with Gasteiger partial charge in [0.15, 0.2) is 0 Å². The molecule has 0 aromatic carbocycles. The zero-order chi connectivity index (χ0) is 10.1. The van der Waals surface area contributed by atoms with Crippen LogP contribution in [0, 0.1) is 0 Å². The molecule has 1 N–H and O–H groups in total. The van der Waals surface area contributed by atoms with Gasteiger partial charge in [-0.15, -0.1) is 0 Å². The molecule has 1 saturated heterocycles. The molecule has 78 valence electrons. The Hall–Kier alpha value is 0.0300. The van der Waals surface area contributed by atoms with Gasteiger partial charge in [0, 0.05) is 20.8 Å². The second-order valence-electron chi connectivity index (χ2n) is 3.63. The molecule has 0 aromatic rings. The van der Waals surface area contributed by atoms with Crippen molar-refractivity contribution in [2.75, 3.05) is 19.7 Å². The minimum absolute atomic E-state index is 0.376. The molecule has 7 heteroatoms. The Kier molecular flexibility index (Phi) is 3.12. The Morgan fingerprint density at radius 1 is 1.54 bits per heavy atom. The summed E-state index contributed by atoms with van der Waals surface area (Å²) in [5.74, 6) is 0. The van der Waals surface area contributed by atoms with Crippen LogP contribution in [0.3, 0.4) is 0 Å². The summed E-state index contributed by atoms with van der Waals surface area (Å²) in [7, 11) is -4.67. The van der Waals surface area contributed by atoms with Gasteiger partial charge in [0.05, 0.1) is 12.2 Å². The fraction of sp³-hybridized carbons (Fsp3) is 1.00. The first-order valence-corrected chi connectivity index (χ1v) is 5.52. The van der Waals surface area contributed by atoms with Gasteiger partial charge in [0.2, 0.25) is 0 Å². The average molecular weight is 208 g/mol. The molecule has 1 aliphatic heterocycles. The lowest BCUT2D eigenvalue weighted by Gasteiger charge is -2.43. The molecule has 6 nitrogen and oxygen atoms in total. The van der Waals surface area contributed by atoms with Crippen LogP contribution in [-0.4, -0.2) is 30.3 Å². The molecule has 0 atom stereocenters. The van der Waals surface area contributed by atoms with Gasteiger partial charge in [0.1, 0.15) is 0 Å². The molecule has 1 rings (SSSR count). The van der Waals surface area contributed by atoms with E-state index in [1.807, 2.05) is 19.0 Å². The molecule has 1 aliphatic rings. The first-order valence-electron chi connectivity index (χ1n) is 3.97. The van der Waals surface area contributed by atoms with Crippen molar-refractivity contribution in [1.29, 1.82) is 0 Å². The zero-order valence-electron chi connectivity index (χ0n) is 7.65. The maximum atomic E-state index is 10.4. The van der Waals surface area contributed by atoms with Crippen molar-refractivity contribution in [2.24, 2.45) is 0 Å². The third-order valence-electron chi connectivity index (χ3n) is 1.69. The molecule has 1 heterocycles. The largest absolute Gasteiger partial charge is 0.799 e. The van der Waals surface area contributed by atoms with Crippen molar-refractivity contribution in [3.63, 3.8) is 0 Å². The lowest BCUT2D eigenvalue weighted by atomic mass is 10.1. The zero-order valence-corrected chi connectivity index (χ0v) is 8.54. The Labute approximate surface area is 77.1 Å². The molecule has 1 fully saturated rings. The average Bonchev–Trinajstić information content (AvgIpc) is 1.79. The molecule has 0 unspecified atom stereocenters. The summed E-state index contributed by atoms with van der Waals surface area (Å²) < 4.78 is 15.7. The fourth-order valence-corrected chi connectivity index (χ4v) is 1.79. The molecular formula is C6H13N2O4P-2. The quantitative estimate of drug-likeness (QED) is 0.551. The lowest BCUT2D eigenvalue weighted by molar-refractivity contribution is -0.323. The van der Waals surface area contributed by atoms with E-state index in [0.717, 1.165) is 0 Å². The van der Waals surface area contributed by atoms with Crippen molar-refractivity contribution < 1.29 is 19.1 Å². The van der Waals surface area contributed by atoms with Crippen LogP contribution in [0.15, 0.2) is 0 Å². The van der Waals surface area contributed by atoms with Gasteiger partial charge in [0.25, 0.3) is 0 Å². The van der Waals surface area contributed by atoms with Gasteiger partial charge in [-0.2, -0.15) is 0 Å². The van der Waals surface area contributed by atoms with E-state index in [2.05, 4.69) is 0 Å². The number of hydrazine groups is 1. The summed E-state index contributed by atoms with van der Waals surface area (Å²) in [4.78, 5) is 20.8. The van der Waals surface area contributed by atoms with E-state index in [1.165, 1.54) is 5.01 Å². The topological polar surface area (TPSA) is 87.7 Å². The number of nitrogens with zero attached hydrogens (tertiary/aromatic N) is 1. The normalized spacial score (nSPS) is 24.6. The predicted octanol–water partition coefficient (Wildman–Crippen LogP) is -1.57. The van der Waals surface area contributed by atoms with Crippen molar-refractivity contribution >= 4 is 7.75 Å². The van der Waals surface area contributed by atoms with Crippen molar-refractivity contribution in [3.05, 3.63) is 0 Å². The van der Waals surface area contributed by atoms with Gasteiger partial charge in [-0.05, 0) is 13.8 Å². The first kappa shape index (κ1) is 11.1. The van der Waals surface area contributed by atoms with Crippen LogP contribution in [0.1, 0.15) is 13.8 Å². The summed E-state index contributed by atoms with van der Waals surface area (Å²) in [6, 6.07) is 0. The van der Waals surface area contributed by atoms with Gasteiger partial charge < -0.3 is 19.1 Å². The van der Waals surface area contributed by atoms with Crippen molar-refractivity contribution in [3.8, 4) is 0 Å². The smallest absolute Gasteiger partial charge is 0.0767 e. The van der Waals surface area contributed by atoms with Crippen LogP contribution in [0.25, 0.3) is 0 Å². The highest BCUT2D eigenvalue weighted by atomic mass is 31.2. The molecule has 0 saturated carbocycles. The van der Waals surface area contributed by atoms with E-state index >= 15 is 0 Å². The molecular weight excluding hydrogens is 195 g/mol. The third kappa shape index (κ3) is 4.17. The van der Waals surface area contributed by atoms with Gasteiger partial charge >= 0.3 is 0 Å². The van der Waals surface area contributed by atoms with E-state index in [0.29, 0.717) is 19.7 Å². The van der Waals surface area contributed by atoms with E-state index in [-0.39, 0.29) is 0 Å². The first-order chi connectivity index (χ1) is 5.79. The number of morpholine rings is 1. The van der Waals surface area contributed by atoms with Gasteiger partial charge in [-0.1, -0.05) is 0 Å². The molecule has 0 amide bonds. The van der Waals surface area contributed by atoms with Crippen LogP contribution in [0.2, 0.25) is 0 Å². The monoisotopic (exact) mass is 208 g/mol. The van der Waals surface area contributed by atoms with Crippen LogP contribution in [0.4, 0.5) is 0 Å². The number of rotatable bonds is 2. The highest BCUT2D eigenvalue weighted by Crippen LogP contribution is 2.21. The lowest BCUT2D eigenvalue weighted by Crippen LogP contribution is -2.54. The fourth-order valence-electron chi connectivity index (χ4n) is 1.28. The van der Waals surface area contributed by atoms with Crippen LogP contribution >= 0.6 is 7.75 Å². The van der Waals surface area contributed by atoms with Crippen molar-refractivity contribution in [1.82, 2.24) is 10.2 Å². The predicted molar refractivity (Wildman–Crippen MR) is 42.3 cm³/mol. The van der Waals surface area contributed by atoms with Crippen LogP contribution < -0.4 is 15.0 Å². The maximum Gasteiger partial charge on any atom is 0.0767 e. The Balaban J connectivity index is 2.48. The van der Waals surface area contributed by atoms with Crippen molar-refractivity contribution in [2.45, 2.75) is 19.4 Å². The number of nitrogens with one attached hydrogen (secondary N) is 1. The Morgan fingerprint density at radius 3 is 2.62 bits per heavy atom. The molecule has 0 bridgehead atoms. The molecule has 13 heavy (non-hydrogen) atoms. The van der Waals surface area contributed by atoms with E-state index in [1.54, 1.807) is 0 Å². The molecule has 0 radical (unpaired) electrons. The van der Waals surface area contributed by atoms with E-state index < -0.39 is 13.3 Å². The second-order valence-corrected chi connectivity index (χ2v) is 4.82. The summed E-state index contributed by atoms with van der Waals surface area (Å²) >= 11 is 0. The molecule has 0 aromatic heterocycles. The highest BCUT2D eigenvalue weighted by molar-refractivity contribution is 7.46.